The van der Waals surface area contributed by atoms with Gasteiger partial charge < -0.3 is 10.1 Å². The average molecular weight is 383 g/mol. The summed E-state index contributed by atoms with van der Waals surface area (Å²) in [7, 11) is 1.38. The molecule has 1 aromatic carbocycles. The number of methoxy groups -OCH3 is 1. The number of hydrogen-bond donors (Lipinski definition) is 1. The highest BCUT2D eigenvalue weighted by Gasteiger charge is 2.43. The number of rotatable bonds is 5. The van der Waals surface area contributed by atoms with E-state index in [1.807, 2.05) is 36.7 Å². The maximum Gasteiger partial charge on any atom is 0.331 e. The van der Waals surface area contributed by atoms with Gasteiger partial charge in [-0.1, -0.05) is 19.1 Å². The van der Waals surface area contributed by atoms with E-state index in [1.165, 1.54) is 7.11 Å². The number of nitrogens with one attached hydrogen (secondary N) is 1. The molecule has 0 spiro atoms. The van der Waals surface area contributed by atoms with Crippen LogP contribution in [0.15, 0.2) is 30.3 Å². The van der Waals surface area contributed by atoms with E-state index in [-0.39, 0.29) is 11.9 Å². The highest BCUT2D eigenvalue weighted by molar-refractivity contribution is 5.98. The number of benzene rings is 1. The fourth-order valence-corrected chi connectivity index (χ4v) is 3.89. The Labute approximate surface area is 166 Å². The van der Waals surface area contributed by atoms with Gasteiger partial charge in [-0.15, -0.1) is 0 Å². The van der Waals surface area contributed by atoms with E-state index >= 15 is 0 Å². The standard InChI is InChI=1S/C22H29N3O3/c1-15-9-11-22(12-10-15,21(27)28-4)23-20(26)19-7-5-18(6-8-19)14-25-17(3)13-16(2)24-25/h5-8,13,15H,9-12,14H2,1-4H3,(H,23,26). The summed E-state index contributed by atoms with van der Waals surface area (Å²) in [5.74, 6) is -0.0325. The first-order valence-electron chi connectivity index (χ1n) is 9.84. The third kappa shape index (κ3) is 4.26. The predicted molar refractivity (Wildman–Crippen MR) is 107 cm³/mol. The number of esters is 1. The monoisotopic (exact) mass is 383 g/mol. The Hall–Kier alpha value is -2.63. The fourth-order valence-electron chi connectivity index (χ4n) is 3.89. The van der Waals surface area contributed by atoms with Crippen LogP contribution in [0.25, 0.3) is 0 Å². The van der Waals surface area contributed by atoms with Gasteiger partial charge in [0.25, 0.3) is 5.91 Å². The molecule has 1 saturated carbocycles. The molecule has 1 aliphatic carbocycles. The lowest BCUT2D eigenvalue weighted by molar-refractivity contribution is -0.150. The molecule has 0 unspecified atom stereocenters. The lowest BCUT2D eigenvalue weighted by Crippen LogP contribution is -2.56. The molecule has 28 heavy (non-hydrogen) atoms. The van der Waals surface area contributed by atoms with Crippen LogP contribution in [0.2, 0.25) is 0 Å². The smallest absolute Gasteiger partial charge is 0.331 e. The van der Waals surface area contributed by atoms with Gasteiger partial charge in [0.2, 0.25) is 0 Å². The van der Waals surface area contributed by atoms with Gasteiger partial charge in [-0.05, 0) is 69.2 Å². The van der Waals surface area contributed by atoms with E-state index in [2.05, 4.69) is 17.3 Å². The number of aromatic nitrogens is 2. The lowest BCUT2D eigenvalue weighted by atomic mass is 9.77. The summed E-state index contributed by atoms with van der Waals surface area (Å²) in [6.07, 6.45) is 3.03. The highest BCUT2D eigenvalue weighted by atomic mass is 16.5. The van der Waals surface area contributed by atoms with Gasteiger partial charge >= 0.3 is 5.97 Å². The molecule has 6 nitrogen and oxygen atoms in total. The van der Waals surface area contributed by atoms with Crippen molar-refractivity contribution in [1.82, 2.24) is 15.1 Å². The molecule has 1 heterocycles. The van der Waals surface area contributed by atoms with Crippen LogP contribution in [-0.4, -0.2) is 34.3 Å². The van der Waals surface area contributed by atoms with Crippen molar-refractivity contribution < 1.29 is 14.3 Å². The molecule has 1 amide bonds. The minimum atomic E-state index is -0.916. The Kier molecular flexibility index (Phi) is 5.87. The second-order valence-electron chi connectivity index (χ2n) is 7.99. The van der Waals surface area contributed by atoms with Crippen LogP contribution in [0.4, 0.5) is 0 Å². The second-order valence-corrected chi connectivity index (χ2v) is 7.99. The highest BCUT2D eigenvalue weighted by Crippen LogP contribution is 2.33. The summed E-state index contributed by atoms with van der Waals surface area (Å²) in [6.45, 7) is 6.83. The van der Waals surface area contributed by atoms with Gasteiger partial charge in [0, 0.05) is 11.3 Å². The van der Waals surface area contributed by atoms with Crippen molar-refractivity contribution in [3.05, 3.63) is 52.8 Å². The Bertz CT molecular complexity index is 846. The normalized spacial score (nSPS) is 21.9. The van der Waals surface area contributed by atoms with Gasteiger partial charge in [0.05, 0.1) is 19.3 Å². The third-order valence-corrected chi connectivity index (χ3v) is 5.71. The molecule has 0 radical (unpaired) electrons. The maximum absolute atomic E-state index is 12.8. The van der Waals surface area contributed by atoms with Crippen LogP contribution >= 0.6 is 0 Å². The Morgan fingerprint density at radius 1 is 1.21 bits per heavy atom. The van der Waals surface area contributed by atoms with Crippen molar-refractivity contribution in [3.8, 4) is 0 Å². The summed E-state index contributed by atoms with van der Waals surface area (Å²) >= 11 is 0. The van der Waals surface area contributed by atoms with Crippen molar-refractivity contribution in [2.45, 2.75) is 58.5 Å². The fraction of sp³-hybridized carbons (Fsp3) is 0.500. The first kappa shape index (κ1) is 20.1. The Morgan fingerprint density at radius 3 is 2.39 bits per heavy atom. The topological polar surface area (TPSA) is 73.2 Å². The van der Waals surface area contributed by atoms with Gasteiger partial charge in [0.1, 0.15) is 5.54 Å². The first-order chi connectivity index (χ1) is 13.3. The molecular formula is C22H29N3O3. The van der Waals surface area contributed by atoms with E-state index in [9.17, 15) is 9.59 Å². The zero-order chi connectivity index (χ0) is 20.3. The molecule has 3 rings (SSSR count). The minimum absolute atomic E-state index is 0.238. The number of aryl methyl sites for hydroxylation is 2. The molecule has 1 aromatic heterocycles. The number of amides is 1. The zero-order valence-electron chi connectivity index (χ0n) is 17.1. The van der Waals surface area contributed by atoms with Crippen molar-refractivity contribution in [1.29, 1.82) is 0 Å². The molecule has 0 atom stereocenters. The molecular weight excluding hydrogens is 354 g/mol. The zero-order valence-corrected chi connectivity index (χ0v) is 17.1. The first-order valence-corrected chi connectivity index (χ1v) is 9.84. The average Bonchev–Trinajstić information content (AvgIpc) is 3.00. The summed E-state index contributed by atoms with van der Waals surface area (Å²) < 4.78 is 6.94. The van der Waals surface area contributed by atoms with Crippen molar-refractivity contribution in [3.63, 3.8) is 0 Å². The van der Waals surface area contributed by atoms with Crippen LogP contribution in [0.1, 0.15) is 59.9 Å². The molecule has 0 saturated heterocycles. The molecule has 6 heteroatoms. The van der Waals surface area contributed by atoms with Crippen molar-refractivity contribution >= 4 is 11.9 Å². The number of hydrogen-bond acceptors (Lipinski definition) is 4. The number of carbonyl (C=O) groups excluding carboxylic acids is 2. The van der Waals surface area contributed by atoms with Crippen LogP contribution in [-0.2, 0) is 16.1 Å². The summed E-state index contributed by atoms with van der Waals surface area (Å²) in [4.78, 5) is 25.2. The van der Waals surface area contributed by atoms with Gasteiger partial charge in [-0.25, -0.2) is 4.79 Å². The van der Waals surface area contributed by atoms with E-state index in [0.29, 0.717) is 30.9 Å². The number of nitrogens with zero attached hydrogens (tertiary/aromatic N) is 2. The van der Waals surface area contributed by atoms with Gasteiger partial charge in [-0.2, -0.15) is 5.10 Å². The number of carbonyl (C=O) groups is 2. The predicted octanol–water partition coefficient (Wildman–Crippen LogP) is 3.40. The lowest BCUT2D eigenvalue weighted by Gasteiger charge is -2.37. The summed E-state index contributed by atoms with van der Waals surface area (Å²) in [5.41, 5.74) is 2.78. The molecule has 0 aliphatic heterocycles. The molecule has 1 N–H and O–H groups in total. The van der Waals surface area contributed by atoms with Crippen LogP contribution in [0.5, 0.6) is 0 Å². The Balaban J connectivity index is 1.71. The summed E-state index contributed by atoms with van der Waals surface area (Å²) in [5, 5.41) is 7.44. The SMILES string of the molecule is COC(=O)C1(NC(=O)c2ccc(Cn3nc(C)cc3C)cc2)CCC(C)CC1. The quantitative estimate of drug-likeness (QED) is 0.803. The number of ether oxygens (including phenoxy) is 1. The van der Waals surface area contributed by atoms with Gasteiger partial charge in [0.15, 0.2) is 0 Å². The van der Waals surface area contributed by atoms with Crippen LogP contribution < -0.4 is 5.32 Å². The molecule has 150 valence electrons. The molecule has 1 aliphatic rings. The Morgan fingerprint density at radius 2 is 1.86 bits per heavy atom. The van der Waals surface area contributed by atoms with Crippen LogP contribution in [0.3, 0.4) is 0 Å². The second kappa shape index (κ2) is 8.17. The molecule has 2 aromatic rings. The van der Waals surface area contributed by atoms with Crippen molar-refractivity contribution in [2.24, 2.45) is 5.92 Å². The van der Waals surface area contributed by atoms with Crippen LogP contribution in [0, 0.1) is 19.8 Å². The largest absolute Gasteiger partial charge is 0.467 e. The van der Waals surface area contributed by atoms with E-state index in [1.54, 1.807) is 12.1 Å². The summed E-state index contributed by atoms with van der Waals surface area (Å²) in [6, 6.07) is 9.50. The van der Waals surface area contributed by atoms with Crippen molar-refractivity contribution in [2.75, 3.05) is 7.11 Å². The maximum atomic E-state index is 12.8. The van der Waals surface area contributed by atoms with E-state index in [4.69, 9.17) is 4.74 Å². The van der Waals surface area contributed by atoms with Gasteiger partial charge in [-0.3, -0.25) is 9.48 Å². The third-order valence-electron chi connectivity index (χ3n) is 5.71. The van der Waals surface area contributed by atoms with E-state index in [0.717, 1.165) is 29.8 Å². The minimum Gasteiger partial charge on any atom is -0.467 e. The molecule has 1 fully saturated rings. The van der Waals surface area contributed by atoms with E-state index < -0.39 is 5.54 Å². The molecule has 0 bridgehead atoms.